The van der Waals surface area contributed by atoms with E-state index in [9.17, 15) is 19.5 Å². The number of aromatic carboxylic acids is 1. The summed E-state index contributed by atoms with van der Waals surface area (Å²) in [6.07, 6.45) is 16.0. The lowest BCUT2D eigenvalue weighted by Crippen LogP contribution is -2.62. The number of aliphatic carboxylic acids is 1. The van der Waals surface area contributed by atoms with Gasteiger partial charge in [-0.15, -0.1) is 0 Å². The SMILES string of the molecule is CCN(CCCNC(=O)C12CCCC1C1CCC3C(C)(CCC4C(C)(C)C(c5ccc(C(=O)O)cc5)=CCC43C)C1CC2)CCCC(=O)O. The smallest absolute Gasteiger partial charge is 0.335 e. The maximum atomic E-state index is 14.1. The van der Waals surface area contributed by atoms with Gasteiger partial charge in [-0.3, -0.25) is 9.59 Å². The van der Waals surface area contributed by atoms with Crippen molar-refractivity contribution in [2.75, 3.05) is 26.2 Å². The van der Waals surface area contributed by atoms with E-state index in [0.717, 1.165) is 50.9 Å². The average molecular weight is 675 g/mol. The first-order valence-corrected chi connectivity index (χ1v) is 19.5. The highest BCUT2D eigenvalue weighted by molar-refractivity contribution is 5.88. The van der Waals surface area contributed by atoms with Crippen molar-refractivity contribution in [1.82, 2.24) is 10.2 Å². The zero-order valence-electron chi connectivity index (χ0n) is 30.9. The first kappa shape index (κ1) is 36.1. The van der Waals surface area contributed by atoms with Crippen LogP contribution in [0.4, 0.5) is 0 Å². The molecule has 0 radical (unpaired) electrons. The molecule has 0 saturated heterocycles. The van der Waals surface area contributed by atoms with E-state index in [2.05, 4.69) is 50.9 Å². The van der Waals surface area contributed by atoms with Crippen LogP contribution in [0.3, 0.4) is 0 Å². The Morgan fingerprint density at radius 2 is 1.57 bits per heavy atom. The number of fused-ring (bicyclic) bond motifs is 7. The number of rotatable bonds is 12. The number of allylic oxidation sites excluding steroid dienone is 2. The third-order valence-corrected chi connectivity index (χ3v) is 15.2. The summed E-state index contributed by atoms with van der Waals surface area (Å²) in [6.45, 7) is 15.5. The zero-order valence-corrected chi connectivity index (χ0v) is 30.9. The minimum atomic E-state index is -0.877. The lowest BCUT2D eigenvalue weighted by atomic mass is 9.36. The van der Waals surface area contributed by atoms with Crippen LogP contribution in [0.1, 0.15) is 134 Å². The number of hydrogen-bond acceptors (Lipinski definition) is 4. The van der Waals surface area contributed by atoms with Crippen molar-refractivity contribution in [2.24, 2.45) is 51.2 Å². The number of nitrogens with one attached hydrogen (secondary N) is 1. The second-order valence-corrected chi connectivity index (χ2v) is 17.7. The number of carbonyl (C=O) groups is 3. The van der Waals surface area contributed by atoms with Crippen LogP contribution in [0.25, 0.3) is 5.57 Å². The number of amides is 1. The molecule has 4 saturated carbocycles. The third-order valence-electron chi connectivity index (χ3n) is 15.2. The summed E-state index contributed by atoms with van der Waals surface area (Å²) in [5.41, 5.74) is 3.22. The molecule has 0 spiro atoms. The molecule has 5 aliphatic carbocycles. The van der Waals surface area contributed by atoms with Crippen LogP contribution in [-0.2, 0) is 9.59 Å². The molecule has 0 bridgehead atoms. The molecule has 0 aliphatic heterocycles. The molecular formula is C42H62N2O5. The van der Waals surface area contributed by atoms with Gasteiger partial charge < -0.3 is 20.4 Å². The molecule has 7 nitrogen and oxygen atoms in total. The van der Waals surface area contributed by atoms with Crippen molar-refractivity contribution in [2.45, 2.75) is 118 Å². The summed E-state index contributed by atoms with van der Waals surface area (Å²) < 4.78 is 0. The molecule has 6 rings (SSSR count). The van der Waals surface area contributed by atoms with Crippen LogP contribution in [0, 0.1) is 51.2 Å². The topological polar surface area (TPSA) is 107 Å². The molecule has 49 heavy (non-hydrogen) atoms. The predicted molar refractivity (Wildman–Crippen MR) is 194 cm³/mol. The van der Waals surface area contributed by atoms with Gasteiger partial charge in [0.15, 0.2) is 0 Å². The van der Waals surface area contributed by atoms with Crippen LogP contribution in [0.2, 0.25) is 0 Å². The Labute approximate surface area is 294 Å². The molecular weight excluding hydrogens is 612 g/mol. The lowest BCUT2D eigenvalue weighted by Gasteiger charge is -2.68. The van der Waals surface area contributed by atoms with Gasteiger partial charge in [0.25, 0.3) is 0 Å². The number of nitrogens with zero attached hydrogens (tertiary/aromatic N) is 1. The summed E-state index contributed by atoms with van der Waals surface area (Å²) in [6, 6.07) is 7.52. The fourth-order valence-electron chi connectivity index (χ4n) is 13.1. The van der Waals surface area contributed by atoms with Gasteiger partial charge >= 0.3 is 11.9 Å². The molecule has 7 heteroatoms. The predicted octanol–water partition coefficient (Wildman–Crippen LogP) is 8.54. The van der Waals surface area contributed by atoms with Gasteiger partial charge in [-0.1, -0.05) is 59.2 Å². The molecule has 8 atom stereocenters. The van der Waals surface area contributed by atoms with Gasteiger partial charge in [0, 0.05) is 13.0 Å². The minimum absolute atomic E-state index is 0.00775. The van der Waals surface area contributed by atoms with E-state index in [1.807, 2.05) is 12.1 Å². The lowest BCUT2D eigenvalue weighted by molar-refractivity contribution is -0.181. The monoisotopic (exact) mass is 674 g/mol. The quantitative estimate of drug-likeness (QED) is 0.192. The summed E-state index contributed by atoms with van der Waals surface area (Å²) >= 11 is 0. The molecule has 1 aromatic carbocycles. The molecule has 270 valence electrons. The fourth-order valence-corrected chi connectivity index (χ4v) is 13.1. The van der Waals surface area contributed by atoms with Gasteiger partial charge in [0.05, 0.1) is 11.0 Å². The van der Waals surface area contributed by atoms with Crippen LogP contribution in [0.5, 0.6) is 0 Å². The van der Waals surface area contributed by atoms with Crippen molar-refractivity contribution in [3.63, 3.8) is 0 Å². The molecule has 1 amide bonds. The van der Waals surface area contributed by atoms with Gasteiger partial charge in [-0.05, 0) is 159 Å². The summed E-state index contributed by atoms with van der Waals surface area (Å²) in [5, 5.41) is 21.8. The van der Waals surface area contributed by atoms with Crippen LogP contribution < -0.4 is 5.32 Å². The number of hydrogen-bond donors (Lipinski definition) is 3. The highest BCUT2D eigenvalue weighted by atomic mass is 16.4. The standard InChI is InChI=1S/C42H62N2O5/c1-6-44(26-8-11-36(45)46)27-9-25-43-38(49)42-21-7-10-33(42)30-16-17-35-40(4,32(30)19-24-42)23-20-34-39(2,3)31(18-22-41(34,35)5)28-12-14-29(15-13-28)37(47)48/h12-15,18,30,32-35H,6-11,16-17,19-27H2,1-5H3,(H,43,49)(H,45,46)(H,47,48). The zero-order chi connectivity index (χ0) is 35.2. The molecule has 1 aromatic rings. The van der Waals surface area contributed by atoms with E-state index < -0.39 is 11.9 Å². The minimum Gasteiger partial charge on any atom is -0.481 e. The van der Waals surface area contributed by atoms with Crippen molar-refractivity contribution in [3.05, 3.63) is 41.5 Å². The molecule has 3 N–H and O–H groups in total. The Hall–Kier alpha value is -2.67. The average Bonchev–Trinajstić information content (AvgIpc) is 3.51. The second-order valence-electron chi connectivity index (χ2n) is 17.7. The van der Waals surface area contributed by atoms with Crippen molar-refractivity contribution in [1.29, 1.82) is 0 Å². The molecule has 0 heterocycles. The van der Waals surface area contributed by atoms with Gasteiger partial charge in [-0.2, -0.15) is 0 Å². The first-order chi connectivity index (χ1) is 23.3. The highest BCUT2D eigenvalue weighted by Gasteiger charge is 2.66. The molecule has 8 unspecified atom stereocenters. The van der Waals surface area contributed by atoms with Gasteiger partial charge in [0.1, 0.15) is 0 Å². The van der Waals surface area contributed by atoms with E-state index in [4.69, 9.17) is 5.11 Å². The third kappa shape index (κ3) is 6.29. The summed E-state index contributed by atoms with van der Waals surface area (Å²) in [5.74, 6) is 1.78. The van der Waals surface area contributed by atoms with Gasteiger partial charge in [0.2, 0.25) is 5.91 Å². The Bertz CT molecular complexity index is 1430. The Balaban J connectivity index is 1.13. The van der Waals surface area contributed by atoms with E-state index in [1.165, 1.54) is 50.5 Å². The van der Waals surface area contributed by atoms with Crippen LogP contribution in [-0.4, -0.2) is 59.1 Å². The van der Waals surface area contributed by atoms with Gasteiger partial charge in [-0.25, -0.2) is 4.79 Å². The van der Waals surface area contributed by atoms with Crippen molar-refractivity contribution in [3.8, 4) is 0 Å². The van der Waals surface area contributed by atoms with Crippen LogP contribution >= 0.6 is 0 Å². The largest absolute Gasteiger partial charge is 0.481 e. The summed E-state index contributed by atoms with van der Waals surface area (Å²) in [7, 11) is 0. The normalized spacial score (nSPS) is 36.1. The van der Waals surface area contributed by atoms with E-state index in [1.54, 1.807) is 12.1 Å². The molecule has 4 fully saturated rings. The molecule has 0 aromatic heterocycles. The number of carboxylic acids is 2. The van der Waals surface area contributed by atoms with E-state index in [-0.39, 0.29) is 22.7 Å². The van der Waals surface area contributed by atoms with Crippen molar-refractivity contribution < 1.29 is 24.6 Å². The Morgan fingerprint density at radius 3 is 2.27 bits per heavy atom. The first-order valence-electron chi connectivity index (χ1n) is 19.5. The van der Waals surface area contributed by atoms with Crippen LogP contribution in [0.15, 0.2) is 30.3 Å². The number of carboxylic acid groups (broad SMARTS) is 2. The van der Waals surface area contributed by atoms with Crippen molar-refractivity contribution >= 4 is 23.4 Å². The Morgan fingerprint density at radius 1 is 0.837 bits per heavy atom. The van der Waals surface area contributed by atoms with E-state index >= 15 is 0 Å². The maximum Gasteiger partial charge on any atom is 0.335 e. The van der Waals surface area contributed by atoms with E-state index in [0.29, 0.717) is 59.4 Å². The number of benzene rings is 1. The Kier molecular flexibility index (Phi) is 10.2. The second kappa shape index (κ2) is 13.8. The maximum absolute atomic E-state index is 14.1. The highest BCUT2D eigenvalue weighted by Crippen LogP contribution is 2.73. The number of carbonyl (C=O) groups excluding carboxylic acids is 1. The molecule has 5 aliphatic rings. The summed E-state index contributed by atoms with van der Waals surface area (Å²) in [4.78, 5) is 38.8. The fraction of sp³-hybridized carbons (Fsp3) is 0.738.